The van der Waals surface area contributed by atoms with E-state index in [1.54, 1.807) is 12.5 Å². The van der Waals surface area contributed by atoms with E-state index in [2.05, 4.69) is 58.7 Å². The molecule has 0 spiro atoms. The Morgan fingerprint density at radius 3 is 2.21 bits per heavy atom. The standard InChI is InChI=1S/C28H23N5O/c1-20-27(28(32-17-16-29-19-32)33(30-20)24-10-6-3-7-11-24)26-18-25(31-34-26)23-14-12-22(13-15-23)21-8-4-2-5-9-21/h2-17,19,26H,18H2,1H3. The summed E-state index contributed by atoms with van der Waals surface area (Å²) in [5.41, 5.74) is 7.30. The maximum atomic E-state index is 5.99. The third kappa shape index (κ3) is 3.59. The van der Waals surface area contributed by atoms with Crippen LogP contribution in [0.4, 0.5) is 0 Å². The van der Waals surface area contributed by atoms with Gasteiger partial charge in [0.1, 0.15) is 12.1 Å². The Balaban J connectivity index is 1.32. The summed E-state index contributed by atoms with van der Waals surface area (Å²) in [6.07, 6.45) is 5.94. The number of hydrogen-bond acceptors (Lipinski definition) is 4. The van der Waals surface area contributed by atoms with Crippen LogP contribution in [0.3, 0.4) is 0 Å². The van der Waals surface area contributed by atoms with Crippen molar-refractivity contribution < 1.29 is 4.84 Å². The SMILES string of the molecule is Cc1nn(-c2ccccc2)c(-n2ccnc2)c1C1CC(c2ccc(-c3ccccc3)cc2)=NO1. The summed E-state index contributed by atoms with van der Waals surface area (Å²) in [4.78, 5) is 10.2. The highest BCUT2D eigenvalue weighted by Gasteiger charge is 2.32. The lowest BCUT2D eigenvalue weighted by atomic mass is 9.98. The predicted molar refractivity (Wildman–Crippen MR) is 132 cm³/mol. The van der Waals surface area contributed by atoms with Crippen molar-refractivity contribution in [3.8, 4) is 22.6 Å². The zero-order valence-electron chi connectivity index (χ0n) is 18.7. The minimum Gasteiger partial charge on any atom is -0.387 e. The molecule has 6 heteroatoms. The van der Waals surface area contributed by atoms with Crippen LogP contribution >= 0.6 is 0 Å². The highest BCUT2D eigenvalue weighted by atomic mass is 16.6. The van der Waals surface area contributed by atoms with Crippen molar-refractivity contribution in [1.82, 2.24) is 19.3 Å². The number of imidazole rings is 1. The van der Waals surface area contributed by atoms with E-state index in [4.69, 9.17) is 9.94 Å². The Hall–Kier alpha value is -4.45. The smallest absolute Gasteiger partial charge is 0.163 e. The van der Waals surface area contributed by atoms with E-state index in [1.807, 2.05) is 58.8 Å². The normalized spacial score (nSPS) is 15.2. The molecule has 0 saturated heterocycles. The van der Waals surface area contributed by atoms with Crippen LogP contribution in [0.5, 0.6) is 0 Å². The molecule has 6 nitrogen and oxygen atoms in total. The molecular weight excluding hydrogens is 422 g/mol. The number of rotatable bonds is 5. The summed E-state index contributed by atoms with van der Waals surface area (Å²) >= 11 is 0. The fourth-order valence-electron chi connectivity index (χ4n) is 4.47. The zero-order valence-corrected chi connectivity index (χ0v) is 18.7. The molecule has 0 N–H and O–H groups in total. The van der Waals surface area contributed by atoms with Crippen LogP contribution in [0.2, 0.25) is 0 Å². The Morgan fingerprint density at radius 1 is 0.824 bits per heavy atom. The van der Waals surface area contributed by atoms with E-state index in [0.29, 0.717) is 6.42 Å². The molecule has 6 rings (SSSR count). The Morgan fingerprint density at radius 2 is 1.50 bits per heavy atom. The lowest BCUT2D eigenvalue weighted by Crippen LogP contribution is -2.09. The molecule has 0 aliphatic carbocycles. The second-order valence-electron chi connectivity index (χ2n) is 8.32. The molecule has 0 radical (unpaired) electrons. The molecule has 3 aromatic carbocycles. The second kappa shape index (κ2) is 8.48. The number of hydrogen-bond donors (Lipinski definition) is 0. The Kier molecular flexibility index (Phi) is 5.03. The largest absolute Gasteiger partial charge is 0.387 e. The van der Waals surface area contributed by atoms with Gasteiger partial charge in [0.25, 0.3) is 0 Å². The zero-order chi connectivity index (χ0) is 22.9. The fraction of sp³-hybridized carbons (Fsp3) is 0.107. The predicted octanol–water partition coefficient (Wildman–Crippen LogP) is 5.90. The molecule has 1 aliphatic heterocycles. The van der Waals surface area contributed by atoms with Gasteiger partial charge in [-0.15, -0.1) is 0 Å². The molecular formula is C28H23N5O. The number of aryl methyl sites for hydroxylation is 1. The first-order valence-electron chi connectivity index (χ1n) is 11.3. The van der Waals surface area contributed by atoms with E-state index in [0.717, 1.165) is 34.0 Å². The average Bonchev–Trinajstić information content (AvgIpc) is 3.65. The number of aromatic nitrogens is 4. The topological polar surface area (TPSA) is 57.2 Å². The summed E-state index contributed by atoms with van der Waals surface area (Å²) in [5, 5.41) is 9.33. The first-order valence-corrected chi connectivity index (χ1v) is 11.3. The van der Waals surface area contributed by atoms with E-state index in [-0.39, 0.29) is 6.10 Å². The van der Waals surface area contributed by atoms with Crippen LogP contribution in [0.25, 0.3) is 22.6 Å². The van der Waals surface area contributed by atoms with E-state index < -0.39 is 0 Å². The highest BCUT2D eigenvalue weighted by molar-refractivity contribution is 6.01. The molecule has 3 heterocycles. The van der Waals surface area contributed by atoms with Crippen LogP contribution in [-0.2, 0) is 4.84 Å². The Labute approximate surface area is 197 Å². The van der Waals surface area contributed by atoms with Gasteiger partial charge in [0, 0.05) is 18.8 Å². The minimum absolute atomic E-state index is 0.223. The van der Waals surface area contributed by atoms with Gasteiger partial charge in [0.05, 0.1) is 22.7 Å². The van der Waals surface area contributed by atoms with Gasteiger partial charge >= 0.3 is 0 Å². The van der Waals surface area contributed by atoms with Gasteiger partial charge in [0.2, 0.25) is 0 Å². The van der Waals surface area contributed by atoms with Crippen molar-refractivity contribution in [1.29, 1.82) is 0 Å². The van der Waals surface area contributed by atoms with E-state index in [9.17, 15) is 0 Å². The fourth-order valence-corrected chi connectivity index (χ4v) is 4.47. The summed E-state index contributed by atoms with van der Waals surface area (Å²) in [6.45, 7) is 2.02. The van der Waals surface area contributed by atoms with Crippen molar-refractivity contribution in [2.75, 3.05) is 0 Å². The highest BCUT2D eigenvalue weighted by Crippen LogP contribution is 2.36. The number of para-hydroxylation sites is 1. The summed E-state index contributed by atoms with van der Waals surface area (Å²) in [7, 11) is 0. The molecule has 1 aliphatic rings. The third-order valence-electron chi connectivity index (χ3n) is 6.15. The third-order valence-corrected chi connectivity index (χ3v) is 6.15. The van der Waals surface area contributed by atoms with Crippen LogP contribution in [0.15, 0.2) is 109 Å². The Bertz CT molecular complexity index is 1440. The van der Waals surface area contributed by atoms with Crippen molar-refractivity contribution in [2.45, 2.75) is 19.4 Å². The minimum atomic E-state index is -0.223. The van der Waals surface area contributed by atoms with Gasteiger partial charge in [-0.25, -0.2) is 9.67 Å². The molecule has 34 heavy (non-hydrogen) atoms. The maximum Gasteiger partial charge on any atom is 0.163 e. The van der Waals surface area contributed by atoms with E-state index >= 15 is 0 Å². The number of benzene rings is 3. The lowest BCUT2D eigenvalue weighted by molar-refractivity contribution is 0.0852. The van der Waals surface area contributed by atoms with Crippen molar-refractivity contribution in [2.24, 2.45) is 5.16 Å². The van der Waals surface area contributed by atoms with Crippen LogP contribution in [0, 0.1) is 6.92 Å². The molecule has 2 aromatic heterocycles. The van der Waals surface area contributed by atoms with Gasteiger partial charge in [-0.3, -0.25) is 4.57 Å². The van der Waals surface area contributed by atoms with E-state index in [1.165, 1.54) is 11.1 Å². The summed E-state index contributed by atoms with van der Waals surface area (Å²) in [5.74, 6) is 0.919. The summed E-state index contributed by atoms with van der Waals surface area (Å²) < 4.78 is 3.93. The van der Waals surface area contributed by atoms with Gasteiger partial charge in [-0.05, 0) is 35.7 Å². The van der Waals surface area contributed by atoms with Crippen molar-refractivity contribution in [3.05, 3.63) is 120 Å². The van der Waals surface area contributed by atoms with Crippen molar-refractivity contribution in [3.63, 3.8) is 0 Å². The lowest BCUT2D eigenvalue weighted by Gasteiger charge is -2.13. The maximum absolute atomic E-state index is 5.99. The van der Waals surface area contributed by atoms with Crippen LogP contribution < -0.4 is 0 Å². The monoisotopic (exact) mass is 445 g/mol. The van der Waals surface area contributed by atoms with Crippen LogP contribution in [-0.4, -0.2) is 25.0 Å². The molecule has 0 saturated carbocycles. The molecule has 166 valence electrons. The number of nitrogens with zero attached hydrogens (tertiary/aromatic N) is 5. The quantitative estimate of drug-likeness (QED) is 0.338. The van der Waals surface area contributed by atoms with Crippen LogP contribution in [0.1, 0.15) is 29.3 Å². The summed E-state index contributed by atoms with van der Waals surface area (Å²) in [6, 6.07) is 29.0. The number of oxime groups is 1. The first-order chi connectivity index (χ1) is 16.8. The molecule has 0 amide bonds. The molecule has 1 unspecified atom stereocenters. The van der Waals surface area contributed by atoms with Gasteiger partial charge in [-0.1, -0.05) is 78.0 Å². The van der Waals surface area contributed by atoms with Gasteiger partial charge in [0.15, 0.2) is 6.10 Å². The molecule has 1 atom stereocenters. The van der Waals surface area contributed by atoms with Gasteiger partial charge < -0.3 is 4.84 Å². The van der Waals surface area contributed by atoms with Gasteiger partial charge in [-0.2, -0.15) is 5.10 Å². The second-order valence-corrected chi connectivity index (χ2v) is 8.32. The average molecular weight is 446 g/mol. The van der Waals surface area contributed by atoms with Crippen molar-refractivity contribution >= 4 is 5.71 Å². The molecule has 0 bridgehead atoms. The first kappa shape index (κ1) is 20.2. The molecule has 0 fully saturated rings. The molecule has 5 aromatic rings.